The Bertz CT molecular complexity index is 273. The molecule has 0 spiro atoms. The zero-order valence-electron chi connectivity index (χ0n) is 12.2. The largest absolute Gasteiger partial charge is 0.444 e. The smallest absolute Gasteiger partial charge is 0.410 e. The van der Waals surface area contributed by atoms with E-state index in [9.17, 15) is 4.79 Å². The molecule has 0 aliphatic carbocycles. The lowest BCUT2D eigenvalue weighted by molar-refractivity contribution is 0.0198. The van der Waals surface area contributed by atoms with Crippen molar-refractivity contribution in [2.24, 2.45) is 11.7 Å². The van der Waals surface area contributed by atoms with Gasteiger partial charge in [0.25, 0.3) is 0 Å². The van der Waals surface area contributed by atoms with E-state index in [1.165, 1.54) is 0 Å². The highest BCUT2D eigenvalue weighted by atomic mass is 16.6. The Morgan fingerprint density at radius 2 is 2.06 bits per heavy atom. The molecule has 1 aliphatic heterocycles. The number of ether oxygens (including phenoxy) is 1. The molecule has 1 heterocycles. The Hall–Kier alpha value is -0.770. The molecule has 0 bridgehead atoms. The monoisotopic (exact) mass is 256 g/mol. The maximum absolute atomic E-state index is 12.2. The molecule has 2 atom stereocenters. The van der Waals surface area contributed by atoms with E-state index in [1.54, 1.807) is 0 Å². The second-order valence-electron chi connectivity index (χ2n) is 6.16. The molecule has 0 radical (unpaired) electrons. The molecule has 4 nitrogen and oxygen atoms in total. The van der Waals surface area contributed by atoms with Gasteiger partial charge in [0.15, 0.2) is 0 Å². The first-order valence-electron chi connectivity index (χ1n) is 7.08. The van der Waals surface area contributed by atoms with Gasteiger partial charge in [-0.05, 0) is 52.5 Å². The van der Waals surface area contributed by atoms with Crippen LogP contribution in [0.25, 0.3) is 0 Å². The maximum atomic E-state index is 12.2. The Balaban J connectivity index is 2.66. The predicted octanol–water partition coefficient (Wildman–Crippen LogP) is 2.76. The first-order valence-corrected chi connectivity index (χ1v) is 7.08. The fraction of sp³-hybridized carbons (Fsp3) is 0.929. The SMILES string of the molecule is CCCC1C(CCN)CCN1C(=O)OC(C)(C)C. The van der Waals surface area contributed by atoms with E-state index in [2.05, 4.69) is 6.92 Å². The lowest BCUT2D eigenvalue weighted by Gasteiger charge is -2.30. The van der Waals surface area contributed by atoms with Gasteiger partial charge in [-0.15, -0.1) is 0 Å². The van der Waals surface area contributed by atoms with E-state index in [0.29, 0.717) is 18.5 Å². The molecule has 1 aliphatic rings. The molecule has 2 unspecified atom stereocenters. The summed E-state index contributed by atoms with van der Waals surface area (Å²) in [6.07, 6.45) is 4.03. The maximum Gasteiger partial charge on any atom is 0.410 e. The summed E-state index contributed by atoms with van der Waals surface area (Å²) in [5, 5.41) is 0. The van der Waals surface area contributed by atoms with E-state index >= 15 is 0 Å². The van der Waals surface area contributed by atoms with Gasteiger partial charge in [0.2, 0.25) is 0 Å². The van der Waals surface area contributed by atoms with Crippen LogP contribution in [0.2, 0.25) is 0 Å². The van der Waals surface area contributed by atoms with Gasteiger partial charge >= 0.3 is 6.09 Å². The molecule has 0 aromatic carbocycles. The molecule has 2 N–H and O–H groups in total. The second kappa shape index (κ2) is 6.41. The molecule has 1 amide bonds. The third kappa shape index (κ3) is 4.16. The van der Waals surface area contributed by atoms with Gasteiger partial charge in [0, 0.05) is 12.6 Å². The van der Waals surface area contributed by atoms with E-state index < -0.39 is 5.60 Å². The fourth-order valence-electron chi connectivity index (χ4n) is 2.70. The van der Waals surface area contributed by atoms with E-state index in [0.717, 1.165) is 32.2 Å². The van der Waals surface area contributed by atoms with Gasteiger partial charge in [0.1, 0.15) is 5.60 Å². The molecule has 0 saturated carbocycles. The summed E-state index contributed by atoms with van der Waals surface area (Å²) in [5.41, 5.74) is 5.24. The van der Waals surface area contributed by atoms with Gasteiger partial charge in [-0.3, -0.25) is 0 Å². The molecule has 18 heavy (non-hydrogen) atoms. The first kappa shape index (κ1) is 15.3. The summed E-state index contributed by atoms with van der Waals surface area (Å²) < 4.78 is 5.48. The van der Waals surface area contributed by atoms with Gasteiger partial charge < -0.3 is 15.4 Å². The first-order chi connectivity index (χ1) is 8.39. The molecule has 4 heteroatoms. The summed E-state index contributed by atoms with van der Waals surface area (Å²) in [6.45, 7) is 9.40. The number of rotatable bonds is 4. The Morgan fingerprint density at radius 1 is 1.39 bits per heavy atom. The minimum absolute atomic E-state index is 0.166. The number of likely N-dealkylation sites (tertiary alicyclic amines) is 1. The average Bonchev–Trinajstić information content (AvgIpc) is 2.60. The number of hydrogen-bond acceptors (Lipinski definition) is 3. The second-order valence-corrected chi connectivity index (χ2v) is 6.16. The van der Waals surface area contributed by atoms with Crippen LogP contribution < -0.4 is 5.73 Å². The number of carbonyl (C=O) groups excluding carboxylic acids is 1. The van der Waals surface area contributed by atoms with Crippen molar-refractivity contribution in [2.75, 3.05) is 13.1 Å². The topological polar surface area (TPSA) is 55.6 Å². The minimum atomic E-state index is -0.417. The molecular formula is C14H28N2O2. The summed E-state index contributed by atoms with van der Waals surface area (Å²) in [4.78, 5) is 14.1. The van der Waals surface area contributed by atoms with Crippen LogP contribution in [0.4, 0.5) is 4.79 Å². The fourth-order valence-corrected chi connectivity index (χ4v) is 2.70. The molecule has 1 saturated heterocycles. The van der Waals surface area contributed by atoms with Gasteiger partial charge in [-0.25, -0.2) is 4.79 Å². The van der Waals surface area contributed by atoms with Crippen LogP contribution in [-0.2, 0) is 4.74 Å². The van der Waals surface area contributed by atoms with Crippen LogP contribution in [0, 0.1) is 5.92 Å². The number of carbonyl (C=O) groups is 1. The number of amides is 1. The Morgan fingerprint density at radius 3 is 2.56 bits per heavy atom. The number of nitrogens with two attached hydrogens (primary N) is 1. The van der Waals surface area contributed by atoms with Crippen LogP contribution in [0.5, 0.6) is 0 Å². The lowest BCUT2D eigenvalue weighted by Crippen LogP contribution is -2.41. The summed E-state index contributed by atoms with van der Waals surface area (Å²) in [5.74, 6) is 0.544. The van der Waals surface area contributed by atoms with E-state index in [-0.39, 0.29) is 6.09 Å². The van der Waals surface area contributed by atoms with Gasteiger partial charge in [-0.1, -0.05) is 13.3 Å². The van der Waals surface area contributed by atoms with Crippen LogP contribution in [0.3, 0.4) is 0 Å². The van der Waals surface area contributed by atoms with Crippen molar-refractivity contribution in [1.29, 1.82) is 0 Å². The molecule has 1 rings (SSSR count). The van der Waals surface area contributed by atoms with Crippen molar-refractivity contribution in [3.8, 4) is 0 Å². The van der Waals surface area contributed by atoms with Crippen LogP contribution in [0.15, 0.2) is 0 Å². The third-order valence-corrected chi connectivity index (χ3v) is 3.44. The molecule has 106 valence electrons. The molecule has 0 aromatic heterocycles. The quantitative estimate of drug-likeness (QED) is 0.841. The standard InChI is InChI=1S/C14H28N2O2/c1-5-6-12-11(7-9-15)8-10-16(12)13(17)18-14(2,3)4/h11-12H,5-10,15H2,1-4H3. The average molecular weight is 256 g/mol. The van der Waals surface area contributed by atoms with Crippen molar-refractivity contribution in [1.82, 2.24) is 4.90 Å². The van der Waals surface area contributed by atoms with Crippen molar-refractivity contribution >= 4 is 6.09 Å². The van der Waals surface area contributed by atoms with Crippen molar-refractivity contribution in [3.63, 3.8) is 0 Å². The molecular weight excluding hydrogens is 228 g/mol. The van der Waals surface area contributed by atoms with Gasteiger partial charge in [0.05, 0.1) is 0 Å². The number of hydrogen-bond donors (Lipinski definition) is 1. The van der Waals surface area contributed by atoms with Crippen molar-refractivity contribution < 1.29 is 9.53 Å². The molecule has 1 fully saturated rings. The molecule has 0 aromatic rings. The highest BCUT2D eigenvalue weighted by Gasteiger charge is 2.37. The predicted molar refractivity (Wildman–Crippen MR) is 73.4 cm³/mol. The third-order valence-electron chi connectivity index (χ3n) is 3.44. The summed E-state index contributed by atoms with van der Waals surface area (Å²) in [6, 6.07) is 0.313. The van der Waals surface area contributed by atoms with E-state index in [1.807, 2.05) is 25.7 Å². The lowest BCUT2D eigenvalue weighted by atomic mass is 9.93. The summed E-state index contributed by atoms with van der Waals surface area (Å²) in [7, 11) is 0. The van der Waals surface area contributed by atoms with Crippen LogP contribution in [-0.4, -0.2) is 35.7 Å². The van der Waals surface area contributed by atoms with E-state index in [4.69, 9.17) is 10.5 Å². The zero-order chi connectivity index (χ0) is 13.8. The highest BCUT2D eigenvalue weighted by Crippen LogP contribution is 2.31. The highest BCUT2D eigenvalue weighted by molar-refractivity contribution is 5.69. The normalized spacial score (nSPS) is 24.4. The zero-order valence-corrected chi connectivity index (χ0v) is 12.2. The minimum Gasteiger partial charge on any atom is -0.444 e. The summed E-state index contributed by atoms with van der Waals surface area (Å²) >= 11 is 0. The Labute approximate surface area is 111 Å². The Kier molecular flexibility index (Phi) is 5.45. The van der Waals surface area contributed by atoms with Crippen LogP contribution in [0.1, 0.15) is 53.4 Å². The van der Waals surface area contributed by atoms with Crippen molar-refractivity contribution in [3.05, 3.63) is 0 Å². The van der Waals surface area contributed by atoms with Gasteiger partial charge in [-0.2, -0.15) is 0 Å². The number of nitrogens with zero attached hydrogens (tertiary/aromatic N) is 1. The van der Waals surface area contributed by atoms with Crippen molar-refractivity contribution in [2.45, 2.75) is 65.0 Å². The van der Waals surface area contributed by atoms with Crippen LogP contribution >= 0.6 is 0 Å².